The molecule has 1 aliphatic rings. The smallest absolute Gasteiger partial charge is 0.258 e. The van der Waals surface area contributed by atoms with E-state index in [0.29, 0.717) is 17.3 Å². The normalized spacial score (nSPS) is 18.3. The van der Waals surface area contributed by atoms with Crippen LogP contribution in [0.5, 0.6) is 0 Å². The second kappa shape index (κ2) is 7.21. The quantitative estimate of drug-likeness (QED) is 0.922. The van der Waals surface area contributed by atoms with Gasteiger partial charge in [-0.05, 0) is 37.6 Å². The van der Waals surface area contributed by atoms with E-state index in [1.165, 1.54) is 19.3 Å². The van der Waals surface area contributed by atoms with E-state index in [9.17, 15) is 0 Å². The maximum absolute atomic E-state index is 8.92. The molecule has 0 amide bonds. The Balaban J connectivity index is 0.00000161. The Hall–Kier alpha value is -1.90. The number of halogens is 1. The largest absolute Gasteiger partial charge is 0.334 e. The highest BCUT2D eigenvalue weighted by Crippen LogP contribution is 2.24. The van der Waals surface area contributed by atoms with Gasteiger partial charge in [0, 0.05) is 5.56 Å². The first kappa shape index (κ1) is 15.5. The fourth-order valence-electron chi connectivity index (χ4n) is 2.46. The molecule has 6 heteroatoms. The third kappa shape index (κ3) is 3.60. The van der Waals surface area contributed by atoms with Gasteiger partial charge in [0.2, 0.25) is 0 Å². The number of hydrogen-bond acceptors (Lipinski definition) is 5. The Bertz CT molecular complexity index is 627. The summed E-state index contributed by atoms with van der Waals surface area (Å²) in [6, 6.07) is 9.50. The van der Waals surface area contributed by atoms with Crippen LogP contribution in [0.2, 0.25) is 0 Å². The van der Waals surface area contributed by atoms with Crippen LogP contribution in [0, 0.1) is 11.3 Å². The average Bonchev–Trinajstić information content (AvgIpc) is 2.83. The number of aromatic nitrogens is 2. The molecule has 1 atom stereocenters. The first-order valence-electron chi connectivity index (χ1n) is 6.94. The molecule has 0 saturated carbocycles. The molecule has 1 aliphatic heterocycles. The van der Waals surface area contributed by atoms with E-state index in [-0.39, 0.29) is 18.4 Å². The monoisotopic (exact) mass is 304 g/mol. The average molecular weight is 305 g/mol. The highest BCUT2D eigenvalue weighted by molar-refractivity contribution is 5.85. The fourth-order valence-corrected chi connectivity index (χ4v) is 2.46. The number of rotatable bonds is 2. The molecule has 2 aromatic rings. The van der Waals surface area contributed by atoms with Crippen LogP contribution in [0.25, 0.3) is 11.5 Å². The van der Waals surface area contributed by atoms with Gasteiger partial charge in [-0.1, -0.05) is 24.1 Å². The van der Waals surface area contributed by atoms with Crippen molar-refractivity contribution in [1.29, 1.82) is 5.26 Å². The van der Waals surface area contributed by atoms with Gasteiger partial charge in [-0.3, -0.25) is 0 Å². The Kier molecular flexibility index (Phi) is 5.32. The number of hydrogen-bond donors (Lipinski definition) is 1. The summed E-state index contributed by atoms with van der Waals surface area (Å²) in [4.78, 5) is 4.47. The van der Waals surface area contributed by atoms with E-state index >= 15 is 0 Å². The first-order chi connectivity index (χ1) is 9.86. The molecule has 0 spiro atoms. The number of benzene rings is 1. The third-order valence-electron chi connectivity index (χ3n) is 3.55. The van der Waals surface area contributed by atoms with Gasteiger partial charge in [0.25, 0.3) is 5.89 Å². The zero-order valence-electron chi connectivity index (χ0n) is 11.6. The maximum atomic E-state index is 8.92. The van der Waals surface area contributed by atoms with Crippen molar-refractivity contribution in [2.45, 2.75) is 31.7 Å². The predicted octanol–water partition coefficient (Wildman–Crippen LogP) is 3.23. The van der Waals surface area contributed by atoms with Gasteiger partial charge in [-0.15, -0.1) is 12.4 Å². The van der Waals surface area contributed by atoms with E-state index in [0.717, 1.165) is 18.5 Å². The number of nitrogens with zero attached hydrogens (tertiary/aromatic N) is 3. The highest BCUT2D eigenvalue weighted by Gasteiger charge is 2.20. The summed E-state index contributed by atoms with van der Waals surface area (Å²) in [7, 11) is 0. The van der Waals surface area contributed by atoms with Crippen molar-refractivity contribution in [2.24, 2.45) is 0 Å². The molecule has 1 N–H and O–H groups in total. The van der Waals surface area contributed by atoms with Crippen molar-refractivity contribution in [3.63, 3.8) is 0 Å². The minimum atomic E-state index is 0. The highest BCUT2D eigenvalue weighted by atomic mass is 35.5. The fraction of sp³-hybridized carbons (Fsp3) is 0.400. The van der Waals surface area contributed by atoms with Gasteiger partial charge in [-0.2, -0.15) is 10.2 Å². The Morgan fingerprint density at radius 2 is 2.19 bits per heavy atom. The Morgan fingerprint density at radius 1 is 1.29 bits per heavy atom. The Morgan fingerprint density at radius 3 is 3.05 bits per heavy atom. The standard InChI is InChI=1S/C15H16N4O.ClH/c16-10-11-5-4-6-12(9-11)15-18-14(19-20-15)13-7-2-1-3-8-17-13;/h4-6,9,13,17H,1-3,7-8H2;1H. The van der Waals surface area contributed by atoms with Crippen molar-refractivity contribution in [2.75, 3.05) is 6.54 Å². The van der Waals surface area contributed by atoms with E-state index in [1.807, 2.05) is 12.1 Å². The second-order valence-corrected chi connectivity index (χ2v) is 5.01. The molecule has 1 fully saturated rings. The van der Waals surface area contributed by atoms with Gasteiger partial charge >= 0.3 is 0 Å². The molecular weight excluding hydrogens is 288 g/mol. The summed E-state index contributed by atoms with van der Waals surface area (Å²) >= 11 is 0. The van der Waals surface area contributed by atoms with Gasteiger partial charge < -0.3 is 9.84 Å². The molecule has 2 heterocycles. The summed E-state index contributed by atoms with van der Waals surface area (Å²) < 4.78 is 5.33. The molecule has 1 aromatic heterocycles. The molecule has 0 bridgehead atoms. The third-order valence-corrected chi connectivity index (χ3v) is 3.55. The summed E-state index contributed by atoms with van der Waals surface area (Å²) in [5.74, 6) is 1.19. The van der Waals surface area contributed by atoms with Gasteiger partial charge in [0.1, 0.15) is 0 Å². The first-order valence-corrected chi connectivity index (χ1v) is 6.94. The molecule has 0 radical (unpaired) electrons. The van der Waals surface area contributed by atoms with Crippen LogP contribution in [0.3, 0.4) is 0 Å². The maximum Gasteiger partial charge on any atom is 0.258 e. The van der Waals surface area contributed by atoms with Crippen LogP contribution in [0.15, 0.2) is 28.8 Å². The number of nitrogens with one attached hydrogen (secondary N) is 1. The van der Waals surface area contributed by atoms with E-state index < -0.39 is 0 Å². The lowest BCUT2D eigenvalue weighted by atomic mass is 10.1. The van der Waals surface area contributed by atoms with Crippen LogP contribution >= 0.6 is 12.4 Å². The van der Waals surface area contributed by atoms with E-state index in [4.69, 9.17) is 9.78 Å². The van der Waals surface area contributed by atoms with E-state index in [1.54, 1.807) is 12.1 Å². The molecule has 1 aromatic carbocycles. The molecule has 1 saturated heterocycles. The van der Waals surface area contributed by atoms with E-state index in [2.05, 4.69) is 21.5 Å². The van der Waals surface area contributed by atoms with Crippen LogP contribution in [0.1, 0.15) is 43.1 Å². The van der Waals surface area contributed by atoms with Crippen LogP contribution in [-0.4, -0.2) is 16.7 Å². The van der Waals surface area contributed by atoms with Crippen molar-refractivity contribution in [1.82, 2.24) is 15.5 Å². The van der Waals surface area contributed by atoms with Crippen molar-refractivity contribution < 1.29 is 4.52 Å². The summed E-state index contributed by atoms with van der Waals surface area (Å²) in [6.45, 7) is 0.998. The lowest BCUT2D eigenvalue weighted by molar-refractivity contribution is 0.402. The molecule has 5 nitrogen and oxygen atoms in total. The predicted molar refractivity (Wildman–Crippen MR) is 80.9 cm³/mol. The summed E-state index contributed by atoms with van der Waals surface area (Å²) in [5.41, 5.74) is 1.38. The Labute approximate surface area is 129 Å². The zero-order valence-corrected chi connectivity index (χ0v) is 12.4. The van der Waals surface area contributed by atoms with Crippen LogP contribution in [-0.2, 0) is 0 Å². The minimum Gasteiger partial charge on any atom is -0.334 e. The molecule has 1 unspecified atom stereocenters. The zero-order chi connectivity index (χ0) is 13.8. The van der Waals surface area contributed by atoms with Crippen molar-refractivity contribution >= 4 is 12.4 Å². The van der Waals surface area contributed by atoms with Crippen LogP contribution < -0.4 is 5.32 Å². The minimum absolute atomic E-state index is 0. The lowest BCUT2D eigenvalue weighted by Gasteiger charge is -2.09. The molecular formula is C15H17ClN4O. The molecule has 3 rings (SSSR count). The van der Waals surface area contributed by atoms with Gasteiger partial charge in [-0.25, -0.2) is 0 Å². The topological polar surface area (TPSA) is 74.7 Å². The summed E-state index contributed by atoms with van der Waals surface area (Å²) in [5, 5.41) is 16.5. The summed E-state index contributed by atoms with van der Waals surface area (Å²) in [6.07, 6.45) is 4.67. The van der Waals surface area contributed by atoms with Gasteiger partial charge in [0.05, 0.1) is 17.7 Å². The van der Waals surface area contributed by atoms with Crippen LogP contribution in [0.4, 0.5) is 0 Å². The SMILES string of the molecule is Cl.N#Cc1cccc(-c2nc(C3CCCCCN3)no2)c1. The molecule has 21 heavy (non-hydrogen) atoms. The lowest BCUT2D eigenvalue weighted by Crippen LogP contribution is -2.21. The number of nitriles is 1. The second-order valence-electron chi connectivity index (χ2n) is 5.01. The molecule has 110 valence electrons. The van der Waals surface area contributed by atoms with Crippen molar-refractivity contribution in [3.8, 4) is 17.5 Å². The van der Waals surface area contributed by atoms with Crippen molar-refractivity contribution in [3.05, 3.63) is 35.7 Å². The molecule has 0 aliphatic carbocycles. The van der Waals surface area contributed by atoms with Gasteiger partial charge in [0.15, 0.2) is 5.82 Å².